The Bertz CT molecular complexity index is 299. The molecule has 0 spiro atoms. The molecule has 1 aromatic rings. The molecule has 0 aliphatic carbocycles. The summed E-state index contributed by atoms with van der Waals surface area (Å²) < 4.78 is 0. The van der Waals surface area contributed by atoms with Crippen LogP contribution in [0, 0.1) is 0 Å². The second kappa shape index (κ2) is 5.99. The van der Waals surface area contributed by atoms with Gasteiger partial charge >= 0.3 is 0 Å². The van der Waals surface area contributed by atoms with Crippen LogP contribution in [0.5, 0.6) is 0 Å². The lowest BCUT2D eigenvalue weighted by Gasteiger charge is -2.20. The molecular weight excluding hydrogens is 198 g/mol. The lowest BCUT2D eigenvalue weighted by Crippen LogP contribution is -2.35. The van der Waals surface area contributed by atoms with Crippen LogP contribution in [0.4, 0.5) is 0 Å². The zero-order valence-corrected chi connectivity index (χ0v) is 9.73. The van der Waals surface area contributed by atoms with Crippen LogP contribution in [-0.2, 0) is 6.54 Å². The van der Waals surface area contributed by atoms with E-state index in [1.165, 1.54) is 24.9 Å². The summed E-state index contributed by atoms with van der Waals surface area (Å²) in [5.74, 6) is 5.50. The molecule has 2 rings (SSSR count). The minimum absolute atomic E-state index is 0.501. The molecular formula is C13H21N3. The van der Waals surface area contributed by atoms with Crippen molar-refractivity contribution < 1.29 is 0 Å². The molecule has 1 saturated heterocycles. The molecule has 0 saturated carbocycles. The van der Waals surface area contributed by atoms with Crippen molar-refractivity contribution in [1.82, 2.24) is 10.3 Å². The number of hydrogen-bond donors (Lipinski definition) is 2. The fourth-order valence-electron chi connectivity index (χ4n) is 2.32. The fraction of sp³-hybridized carbons (Fsp3) is 0.538. The number of rotatable bonds is 3. The van der Waals surface area contributed by atoms with Crippen LogP contribution >= 0.6 is 0 Å². The number of nitrogens with zero attached hydrogens (tertiary/aromatic N) is 1. The van der Waals surface area contributed by atoms with Gasteiger partial charge in [0.1, 0.15) is 0 Å². The van der Waals surface area contributed by atoms with Crippen LogP contribution in [0.25, 0.3) is 0 Å². The molecule has 0 amide bonds. The monoisotopic (exact) mass is 219 g/mol. The number of nitrogens with two attached hydrogens (primary N) is 1. The molecule has 1 atom stereocenters. The molecule has 1 heterocycles. The van der Waals surface area contributed by atoms with Crippen molar-refractivity contribution in [2.24, 2.45) is 5.84 Å². The van der Waals surface area contributed by atoms with Gasteiger partial charge in [-0.2, -0.15) is 0 Å². The summed E-state index contributed by atoms with van der Waals surface area (Å²) in [6.07, 6.45) is 3.59. The molecule has 3 heteroatoms. The molecule has 3 nitrogen and oxygen atoms in total. The Morgan fingerprint density at radius 3 is 2.75 bits per heavy atom. The van der Waals surface area contributed by atoms with E-state index in [1.807, 2.05) is 0 Å². The van der Waals surface area contributed by atoms with E-state index in [1.54, 1.807) is 0 Å². The molecule has 0 radical (unpaired) electrons. The van der Waals surface area contributed by atoms with Crippen molar-refractivity contribution in [2.45, 2.75) is 31.8 Å². The Morgan fingerprint density at radius 1 is 1.19 bits per heavy atom. The van der Waals surface area contributed by atoms with Gasteiger partial charge in [-0.25, -0.2) is 0 Å². The van der Waals surface area contributed by atoms with E-state index in [0.717, 1.165) is 19.5 Å². The molecule has 88 valence electrons. The highest BCUT2D eigenvalue weighted by atomic mass is 15.2. The zero-order chi connectivity index (χ0) is 11.2. The van der Waals surface area contributed by atoms with Crippen molar-refractivity contribution in [1.29, 1.82) is 0 Å². The minimum Gasteiger partial charge on any atom is -0.299 e. The molecule has 1 aliphatic rings. The molecule has 0 aromatic heterocycles. The highest BCUT2D eigenvalue weighted by Crippen LogP contribution is 2.13. The van der Waals surface area contributed by atoms with E-state index >= 15 is 0 Å². The second-order valence-electron chi connectivity index (χ2n) is 4.56. The van der Waals surface area contributed by atoms with Crippen LogP contribution in [0.3, 0.4) is 0 Å². The van der Waals surface area contributed by atoms with Gasteiger partial charge in [-0.05, 0) is 31.4 Å². The van der Waals surface area contributed by atoms with Gasteiger partial charge in [-0.1, -0.05) is 30.3 Å². The standard InChI is InChI=1S/C13H21N3/c14-15-13-7-4-9-16(10-8-13)11-12-5-2-1-3-6-12/h1-3,5-6,13,15H,4,7-11,14H2/t13-/m0/s1. The first-order valence-corrected chi connectivity index (χ1v) is 6.11. The van der Waals surface area contributed by atoms with Crippen LogP contribution in [-0.4, -0.2) is 24.0 Å². The molecule has 16 heavy (non-hydrogen) atoms. The van der Waals surface area contributed by atoms with E-state index in [4.69, 9.17) is 5.84 Å². The first-order valence-electron chi connectivity index (χ1n) is 6.11. The van der Waals surface area contributed by atoms with Gasteiger partial charge < -0.3 is 0 Å². The third kappa shape index (κ3) is 3.30. The maximum Gasteiger partial charge on any atom is 0.0233 e. The molecule has 1 aliphatic heterocycles. The second-order valence-corrected chi connectivity index (χ2v) is 4.56. The summed E-state index contributed by atoms with van der Waals surface area (Å²) in [5.41, 5.74) is 4.31. The fourth-order valence-corrected chi connectivity index (χ4v) is 2.32. The van der Waals surface area contributed by atoms with Crippen molar-refractivity contribution in [2.75, 3.05) is 13.1 Å². The average Bonchev–Trinajstić information content (AvgIpc) is 2.56. The van der Waals surface area contributed by atoms with Crippen LogP contribution in [0.15, 0.2) is 30.3 Å². The molecule has 1 aromatic carbocycles. The number of nitrogens with one attached hydrogen (secondary N) is 1. The summed E-state index contributed by atoms with van der Waals surface area (Å²) in [4.78, 5) is 2.52. The van der Waals surface area contributed by atoms with Gasteiger partial charge in [0.15, 0.2) is 0 Å². The predicted octanol–water partition coefficient (Wildman–Crippen LogP) is 1.50. The minimum atomic E-state index is 0.501. The Kier molecular flexibility index (Phi) is 4.34. The molecule has 1 fully saturated rings. The Balaban J connectivity index is 1.86. The summed E-state index contributed by atoms with van der Waals surface area (Å²) in [6, 6.07) is 11.2. The Morgan fingerprint density at radius 2 is 2.00 bits per heavy atom. The largest absolute Gasteiger partial charge is 0.299 e. The van der Waals surface area contributed by atoms with Crippen molar-refractivity contribution in [3.63, 3.8) is 0 Å². The first kappa shape index (κ1) is 11.6. The van der Waals surface area contributed by atoms with E-state index < -0.39 is 0 Å². The van der Waals surface area contributed by atoms with E-state index in [0.29, 0.717) is 6.04 Å². The third-order valence-corrected chi connectivity index (χ3v) is 3.31. The Hall–Kier alpha value is -0.900. The third-order valence-electron chi connectivity index (χ3n) is 3.31. The van der Waals surface area contributed by atoms with Crippen molar-refractivity contribution >= 4 is 0 Å². The Labute approximate surface area is 97.6 Å². The SMILES string of the molecule is NN[C@H]1CCCN(Cc2ccccc2)CC1. The molecule has 0 bridgehead atoms. The number of hydrogen-bond acceptors (Lipinski definition) is 3. The quantitative estimate of drug-likeness (QED) is 0.598. The van der Waals surface area contributed by atoms with Crippen LogP contribution in [0.2, 0.25) is 0 Å². The summed E-state index contributed by atoms with van der Waals surface area (Å²) in [6.45, 7) is 3.40. The van der Waals surface area contributed by atoms with Crippen molar-refractivity contribution in [3.8, 4) is 0 Å². The zero-order valence-electron chi connectivity index (χ0n) is 9.73. The summed E-state index contributed by atoms with van der Waals surface area (Å²) in [5, 5.41) is 0. The normalized spacial score (nSPS) is 22.9. The van der Waals surface area contributed by atoms with Gasteiger partial charge in [-0.15, -0.1) is 0 Å². The number of likely N-dealkylation sites (tertiary alicyclic amines) is 1. The smallest absolute Gasteiger partial charge is 0.0233 e. The van der Waals surface area contributed by atoms with Gasteiger partial charge in [0.05, 0.1) is 0 Å². The lowest BCUT2D eigenvalue weighted by molar-refractivity contribution is 0.274. The summed E-state index contributed by atoms with van der Waals surface area (Å²) in [7, 11) is 0. The number of hydrazine groups is 1. The maximum absolute atomic E-state index is 5.50. The number of benzene rings is 1. The predicted molar refractivity (Wildman–Crippen MR) is 66.7 cm³/mol. The van der Waals surface area contributed by atoms with E-state index in [9.17, 15) is 0 Å². The van der Waals surface area contributed by atoms with Gasteiger partial charge in [-0.3, -0.25) is 16.2 Å². The maximum atomic E-state index is 5.50. The molecule has 0 unspecified atom stereocenters. The van der Waals surface area contributed by atoms with Crippen LogP contribution in [0.1, 0.15) is 24.8 Å². The van der Waals surface area contributed by atoms with Gasteiger partial charge in [0, 0.05) is 19.1 Å². The summed E-state index contributed by atoms with van der Waals surface area (Å²) >= 11 is 0. The van der Waals surface area contributed by atoms with Crippen molar-refractivity contribution in [3.05, 3.63) is 35.9 Å². The molecule has 3 N–H and O–H groups in total. The van der Waals surface area contributed by atoms with Gasteiger partial charge in [0.2, 0.25) is 0 Å². The van der Waals surface area contributed by atoms with E-state index in [-0.39, 0.29) is 0 Å². The highest BCUT2D eigenvalue weighted by Gasteiger charge is 2.15. The van der Waals surface area contributed by atoms with Gasteiger partial charge in [0.25, 0.3) is 0 Å². The highest BCUT2D eigenvalue weighted by molar-refractivity contribution is 5.14. The first-order chi connectivity index (χ1) is 7.88. The average molecular weight is 219 g/mol. The topological polar surface area (TPSA) is 41.3 Å². The van der Waals surface area contributed by atoms with E-state index in [2.05, 4.69) is 40.7 Å². The van der Waals surface area contributed by atoms with Crippen LogP contribution < -0.4 is 11.3 Å². The lowest BCUT2D eigenvalue weighted by atomic mass is 10.1.